The van der Waals surface area contributed by atoms with Crippen molar-refractivity contribution in [2.75, 3.05) is 20.2 Å². The van der Waals surface area contributed by atoms with Crippen molar-refractivity contribution in [1.82, 2.24) is 14.5 Å². The number of carbonyl (C=O) groups is 1. The summed E-state index contributed by atoms with van der Waals surface area (Å²) in [7, 11) is 1.44. The van der Waals surface area contributed by atoms with Gasteiger partial charge >= 0.3 is 5.97 Å². The van der Waals surface area contributed by atoms with Crippen molar-refractivity contribution in [1.29, 1.82) is 0 Å². The Morgan fingerprint density at radius 1 is 1.31 bits per heavy atom. The number of nitrogens with zero attached hydrogens (tertiary/aromatic N) is 3. The molecular formula is C20H22BrN3O2. The number of hydrogen-bond donors (Lipinski definition) is 0. The molecule has 0 spiro atoms. The van der Waals surface area contributed by atoms with Crippen LogP contribution in [0.3, 0.4) is 0 Å². The van der Waals surface area contributed by atoms with Gasteiger partial charge in [0, 0.05) is 22.6 Å². The molecule has 1 saturated carbocycles. The van der Waals surface area contributed by atoms with Crippen molar-refractivity contribution in [3.05, 3.63) is 39.6 Å². The van der Waals surface area contributed by atoms with E-state index in [2.05, 4.69) is 43.6 Å². The topological polar surface area (TPSA) is 47.4 Å². The fourth-order valence-electron chi connectivity index (χ4n) is 4.74. The smallest absolute Gasteiger partial charge is 0.358 e. The minimum atomic E-state index is -0.327. The maximum atomic E-state index is 12.5. The molecule has 6 rings (SSSR count). The van der Waals surface area contributed by atoms with Gasteiger partial charge < -0.3 is 9.30 Å². The molecule has 1 aliphatic carbocycles. The zero-order chi connectivity index (χ0) is 17.8. The van der Waals surface area contributed by atoms with E-state index < -0.39 is 0 Å². The van der Waals surface area contributed by atoms with Crippen molar-refractivity contribution in [3.8, 4) is 11.4 Å². The molecular weight excluding hydrogens is 394 g/mol. The van der Waals surface area contributed by atoms with Crippen molar-refractivity contribution in [2.24, 2.45) is 0 Å². The minimum absolute atomic E-state index is 0.327. The lowest BCUT2D eigenvalue weighted by molar-refractivity contribution is 0.0591. The molecule has 26 heavy (non-hydrogen) atoms. The molecule has 2 fully saturated rings. The third kappa shape index (κ3) is 2.46. The predicted molar refractivity (Wildman–Crippen MR) is 102 cm³/mol. The highest BCUT2D eigenvalue weighted by molar-refractivity contribution is 9.10. The van der Waals surface area contributed by atoms with Gasteiger partial charge in [0.2, 0.25) is 0 Å². The van der Waals surface area contributed by atoms with Gasteiger partial charge in [-0.15, -0.1) is 0 Å². The summed E-state index contributed by atoms with van der Waals surface area (Å²) in [5.74, 6) is 1.21. The van der Waals surface area contributed by atoms with Gasteiger partial charge in [-0.05, 0) is 62.4 Å². The molecule has 2 bridgehead atoms. The quantitative estimate of drug-likeness (QED) is 0.707. The molecule has 0 N–H and O–H groups in total. The number of methoxy groups -OCH3 is 1. The Kier molecular flexibility index (Phi) is 3.94. The zero-order valence-electron chi connectivity index (χ0n) is 14.9. The Bertz CT molecular complexity index is 879. The van der Waals surface area contributed by atoms with Gasteiger partial charge in [-0.25, -0.2) is 9.78 Å². The molecule has 0 atom stereocenters. The van der Waals surface area contributed by atoms with Crippen molar-refractivity contribution in [2.45, 2.75) is 44.2 Å². The van der Waals surface area contributed by atoms with E-state index in [1.54, 1.807) is 0 Å². The molecule has 1 saturated heterocycles. The second-order valence-corrected chi connectivity index (χ2v) is 8.54. The Morgan fingerprint density at radius 3 is 2.81 bits per heavy atom. The molecule has 2 aromatic rings. The van der Waals surface area contributed by atoms with Crippen LogP contribution < -0.4 is 0 Å². The van der Waals surface area contributed by atoms with Crippen LogP contribution in [-0.4, -0.2) is 40.6 Å². The Labute approximate surface area is 161 Å². The van der Waals surface area contributed by atoms with Crippen molar-refractivity contribution < 1.29 is 9.53 Å². The highest BCUT2D eigenvalue weighted by Gasteiger charge is 2.41. The Morgan fingerprint density at radius 2 is 2.08 bits per heavy atom. The molecule has 0 radical (unpaired) electrons. The van der Waals surface area contributed by atoms with Crippen LogP contribution in [0.4, 0.5) is 0 Å². The monoisotopic (exact) mass is 415 g/mol. The zero-order valence-corrected chi connectivity index (χ0v) is 16.5. The third-order valence-corrected chi connectivity index (χ3v) is 6.63. The fourth-order valence-corrected chi connectivity index (χ4v) is 5.11. The number of esters is 1. The molecule has 3 aliphatic heterocycles. The van der Waals surface area contributed by atoms with Crippen LogP contribution in [0.1, 0.15) is 59.4 Å². The lowest BCUT2D eigenvalue weighted by atomic mass is 9.75. The average molecular weight is 416 g/mol. The number of ether oxygens (including phenoxy) is 1. The van der Waals surface area contributed by atoms with E-state index in [9.17, 15) is 4.79 Å². The lowest BCUT2D eigenvalue weighted by Gasteiger charge is -2.36. The molecule has 1 aromatic heterocycles. The van der Waals surface area contributed by atoms with Crippen LogP contribution in [0.5, 0.6) is 0 Å². The summed E-state index contributed by atoms with van der Waals surface area (Å²) in [4.78, 5) is 19.7. The number of benzene rings is 1. The Hall–Kier alpha value is -1.66. The first-order valence-electron chi connectivity index (χ1n) is 9.37. The van der Waals surface area contributed by atoms with Crippen LogP contribution in [0, 0.1) is 0 Å². The lowest BCUT2D eigenvalue weighted by Crippen LogP contribution is -2.28. The summed E-state index contributed by atoms with van der Waals surface area (Å²) >= 11 is 3.60. The molecule has 5 nitrogen and oxygen atoms in total. The summed E-state index contributed by atoms with van der Waals surface area (Å²) in [6.07, 6.45) is 4.73. The molecule has 6 heteroatoms. The number of carbonyl (C=O) groups excluding carboxylic acids is 1. The fraction of sp³-hybridized carbons (Fsp3) is 0.500. The predicted octanol–water partition coefficient (Wildman–Crippen LogP) is 4.13. The van der Waals surface area contributed by atoms with Gasteiger partial charge in [0.1, 0.15) is 5.82 Å². The minimum Gasteiger partial charge on any atom is -0.464 e. The van der Waals surface area contributed by atoms with E-state index in [1.165, 1.54) is 25.5 Å². The first-order valence-corrected chi connectivity index (χ1v) is 10.2. The average Bonchev–Trinajstić information content (AvgIpc) is 3.18. The van der Waals surface area contributed by atoms with E-state index >= 15 is 0 Å². The van der Waals surface area contributed by atoms with Crippen molar-refractivity contribution >= 4 is 21.9 Å². The number of imidazole rings is 1. The summed E-state index contributed by atoms with van der Waals surface area (Å²) in [5, 5.41) is 0. The van der Waals surface area contributed by atoms with E-state index in [0.29, 0.717) is 17.7 Å². The molecule has 0 amide bonds. The van der Waals surface area contributed by atoms with E-state index in [1.807, 2.05) is 0 Å². The largest absolute Gasteiger partial charge is 0.464 e. The SMILES string of the molecule is COC(=O)c1nc2n(c1CN1CCCC1)C1CC(C1)c1ccc(Br)cc1-2. The van der Waals surface area contributed by atoms with Gasteiger partial charge in [0.25, 0.3) is 0 Å². The molecule has 4 heterocycles. The Balaban J connectivity index is 1.70. The summed E-state index contributed by atoms with van der Waals surface area (Å²) < 4.78 is 8.46. The van der Waals surface area contributed by atoms with Crippen LogP contribution >= 0.6 is 15.9 Å². The second-order valence-electron chi connectivity index (χ2n) is 7.63. The van der Waals surface area contributed by atoms with E-state index in [4.69, 9.17) is 9.72 Å². The number of likely N-dealkylation sites (tertiary alicyclic amines) is 1. The normalized spacial score (nSPS) is 23.8. The van der Waals surface area contributed by atoms with Gasteiger partial charge in [-0.2, -0.15) is 0 Å². The summed E-state index contributed by atoms with van der Waals surface area (Å²) in [6, 6.07) is 6.90. The molecule has 136 valence electrons. The van der Waals surface area contributed by atoms with Crippen LogP contribution in [0.25, 0.3) is 11.4 Å². The van der Waals surface area contributed by atoms with E-state index in [0.717, 1.165) is 54.0 Å². The van der Waals surface area contributed by atoms with Crippen LogP contribution in [-0.2, 0) is 11.3 Å². The van der Waals surface area contributed by atoms with E-state index in [-0.39, 0.29) is 5.97 Å². The maximum absolute atomic E-state index is 12.5. The van der Waals surface area contributed by atoms with Gasteiger partial charge in [-0.1, -0.05) is 22.0 Å². The maximum Gasteiger partial charge on any atom is 0.358 e. The highest BCUT2D eigenvalue weighted by atomic mass is 79.9. The van der Waals surface area contributed by atoms with Gasteiger partial charge in [0.05, 0.1) is 12.8 Å². The number of rotatable bonds is 3. The first-order chi connectivity index (χ1) is 12.7. The molecule has 0 unspecified atom stereocenters. The number of hydrogen-bond acceptors (Lipinski definition) is 4. The second kappa shape index (κ2) is 6.20. The number of aromatic nitrogens is 2. The standard InChI is InChI=1S/C20H22BrN3O2/c1-26-20(25)18-17(11-23-6-2-3-7-23)24-14-8-12(9-14)15-5-4-13(21)10-16(15)19(24)22-18/h4-5,10,12,14H,2-3,6-9,11H2,1H3. The van der Waals surface area contributed by atoms with Crippen molar-refractivity contribution in [3.63, 3.8) is 0 Å². The molecule has 1 aromatic carbocycles. The summed E-state index contributed by atoms with van der Waals surface area (Å²) in [6.45, 7) is 2.97. The summed E-state index contributed by atoms with van der Waals surface area (Å²) in [5.41, 5.74) is 4.04. The third-order valence-electron chi connectivity index (χ3n) is 6.14. The highest BCUT2D eigenvalue weighted by Crippen LogP contribution is 2.53. The molecule has 4 aliphatic rings. The van der Waals surface area contributed by atoms with Crippen LogP contribution in [0.15, 0.2) is 22.7 Å². The number of halogens is 1. The van der Waals surface area contributed by atoms with Gasteiger partial charge in [-0.3, -0.25) is 4.90 Å². The first kappa shape index (κ1) is 16.5. The van der Waals surface area contributed by atoms with Crippen LogP contribution in [0.2, 0.25) is 0 Å². The van der Waals surface area contributed by atoms with Gasteiger partial charge in [0.15, 0.2) is 5.69 Å².